The lowest BCUT2D eigenvalue weighted by atomic mass is 9.90. The van der Waals surface area contributed by atoms with Gasteiger partial charge in [-0.2, -0.15) is 0 Å². The highest BCUT2D eigenvalue weighted by atomic mass is 16.6. The number of anilines is 1. The Morgan fingerprint density at radius 2 is 1.38 bits per heavy atom. The minimum absolute atomic E-state index is 0.0714. The molecule has 0 aromatic heterocycles. The number of nitrogens with one attached hydrogen (secondary N) is 5. The third kappa shape index (κ3) is 20.0. The summed E-state index contributed by atoms with van der Waals surface area (Å²) in [5, 5.41) is 24.5. The predicted molar refractivity (Wildman–Crippen MR) is 314 cm³/mol. The van der Waals surface area contributed by atoms with E-state index in [9.17, 15) is 53.1 Å². The molecule has 23 nitrogen and oxygen atoms in total. The molecule has 10 atom stereocenters. The minimum atomic E-state index is -1.03. The van der Waals surface area contributed by atoms with Gasteiger partial charge in [0.25, 0.3) is 11.8 Å². The highest BCUT2D eigenvalue weighted by Gasteiger charge is 2.43. The van der Waals surface area contributed by atoms with Crippen LogP contribution in [0.25, 0.3) is 0 Å². The average molecular weight is 1170 g/mol. The molecule has 1 fully saturated rings. The first-order chi connectivity index (χ1) is 39.8. The van der Waals surface area contributed by atoms with Crippen LogP contribution < -0.4 is 26.6 Å². The Bertz CT molecular complexity index is 2560. The standard InChI is InChI=1S/C61H91N9O14/c1-13-39(6)55(46(82-11)33-51(75)69-32-20-23-45(69)57(83-12)40(7)58(78)64-41(8)56(77)43-21-16-14-17-22-43)67(9)52(76)35-63-60(80)54(38(4)5)68(10)61(81)84-36-42-25-27-44(28-26-42)65-48(72)34-62-59(79)53(37(2)3)66-47(71)24-18-15-19-31-70-49(73)29-30-50(70)74/h14,16-17,21-22,25-30,37-41,45-46,53-57,77H,13,15,18-20,23-24,31-36H2,1-12H3,(H,62,79)(H,63,80)(H,64,78)(H,65,72)(H,66,71)/t39-,40+,41+,45-,46+,53-,54-,55-,56+,57+/m0/s1. The van der Waals surface area contributed by atoms with Gasteiger partial charge in [0, 0.05) is 65.7 Å². The molecule has 1 saturated heterocycles. The van der Waals surface area contributed by atoms with Gasteiger partial charge in [-0.1, -0.05) is 104 Å². The Hall–Kier alpha value is -7.24. The van der Waals surface area contributed by atoms with Crippen LogP contribution in [0.1, 0.15) is 124 Å². The SMILES string of the molecule is CC[C@H](C)[C@@H]([C@@H](CC(=O)N1CCC[C@H]1[C@H](OC)[C@@H](C)C(=O)N[C@H](C)[C@@H](O)c1ccccc1)OC)N(C)C(=O)CNC(=O)[C@H](C(C)C)N(C)C(=O)OCc1ccc(NC(=O)CNC(=O)[C@@H](NC(=O)CCCCCN2C(=O)C=CC2=O)C(C)C)cc1. The van der Waals surface area contributed by atoms with E-state index in [2.05, 4.69) is 26.6 Å². The predicted octanol–water partition coefficient (Wildman–Crippen LogP) is 4.24. The highest BCUT2D eigenvalue weighted by Crippen LogP contribution is 2.30. The molecule has 0 unspecified atom stereocenters. The van der Waals surface area contributed by atoms with Crippen LogP contribution in [0.2, 0.25) is 0 Å². The molecule has 0 aliphatic carbocycles. The second-order valence-corrected chi connectivity index (χ2v) is 22.6. The normalized spacial score (nSPS) is 17.3. The van der Waals surface area contributed by atoms with Gasteiger partial charge >= 0.3 is 6.09 Å². The van der Waals surface area contributed by atoms with Crippen molar-refractivity contribution >= 4 is 64.9 Å². The highest BCUT2D eigenvalue weighted by molar-refractivity contribution is 6.12. The minimum Gasteiger partial charge on any atom is -0.445 e. The Balaban J connectivity index is 1.24. The lowest BCUT2D eigenvalue weighted by Gasteiger charge is -2.39. The lowest BCUT2D eigenvalue weighted by Crippen LogP contribution is -2.56. The summed E-state index contributed by atoms with van der Waals surface area (Å²) in [6.07, 6.45) is 2.97. The first-order valence-electron chi connectivity index (χ1n) is 29.2. The number of likely N-dealkylation sites (N-methyl/N-ethyl adjacent to an activating group) is 2. The summed E-state index contributed by atoms with van der Waals surface area (Å²) in [6, 6.07) is 12.0. The van der Waals surface area contributed by atoms with Crippen LogP contribution in [0.5, 0.6) is 0 Å². The number of carbonyl (C=O) groups is 10. The van der Waals surface area contributed by atoms with E-state index in [1.165, 1.54) is 38.3 Å². The first-order valence-corrected chi connectivity index (χ1v) is 29.2. The smallest absolute Gasteiger partial charge is 0.410 e. The summed E-state index contributed by atoms with van der Waals surface area (Å²) in [5.41, 5.74) is 1.64. The number of hydrogen-bond donors (Lipinski definition) is 6. The van der Waals surface area contributed by atoms with Crippen molar-refractivity contribution in [3.63, 3.8) is 0 Å². The second kappa shape index (κ2) is 33.9. The van der Waals surface area contributed by atoms with Crippen LogP contribution in [0.4, 0.5) is 10.5 Å². The van der Waals surface area contributed by atoms with Gasteiger partial charge in [0.1, 0.15) is 18.7 Å². The number of hydrogen-bond acceptors (Lipinski definition) is 14. The van der Waals surface area contributed by atoms with Crippen molar-refractivity contribution in [1.29, 1.82) is 0 Å². The average Bonchev–Trinajstić information content (AvgIpc) is 4.24. The largest absolute Gasteiger partial charge is 0.445 e. The van der Waals surface area contributed by atoms with Crippen molar-refractivity contribution in [3.8, 4) is 0 Å². The Kier molecular flexibility index (Phi) is 27.9. The van der Waals surface area contributed by atoms with Gasteiger partial charge in [-0.15, -0.1) is 0 Å². The van der Waals surface area contributed by atoms with Crippen molar-refractivity contribution in [3.05, 3.63) is 77.9 Å². The van der Waals surface area contributed by atoms with Gasteiger partial charge in [0.05, 0.1) is 61.9 Å². The monoisotopic (exact) mass is 1170 g/mol. The molecule has 2 aliphatic heterocycles. The van der Waals surface area contributed by atoms with E-state index in [1.807, 2.05) is 32.0 Å². The summed E-state index contributed by atoms with van der Waals surface area (Å²) < 4.78 is 17.5. The summed E-state index contributed by atoms with van der Waals surface area (Å²) in [6.45, 7) is 14.2. The lowest BCUT2D eigenvalue weighted by molar-refractivity contribution is -0.146. The van der Waals surface area contributed by atoms with E-state index in [0.29, 0.717) is 61.9 Å². The Labute approximate surface area is 494 Å². The molecule has 4 rings (SSSR count). The molecule has 6 N–H and O–H groups in total. The number of amides is 10. The van der Waals surface area contributed by atoms with Crippen LogP contribution in [0, 0.1) is 23.7 Å². The molecule has 2 aliphatic rings. The molecule has 2 aromatic carbocycles. The van der Waals surface area contributed by atoms with Gasteiger partial charge in [-0.3, -0.25) is 53.0 Å². The molecule has 23 heteroatoms. The van der Waals surface area contributed by atoms with Gasteiger partial charge in [-0.25, -0.2) is 4.79 Å². The maximum Gasteiger partial charge on any atom is 0.410 e. The van der Waals surface area contributed by atoms with Crippen molar-refractivity contribution < 1.29 is 67.3 Å². The number of methoxy groups -OCH3 is 2. The number of imide groups is 1. The number of rotatable bonds is 33. The number of benzene rings is 2. The molecule has 0 bridgehead atoms. The zero-order chi connectivity index (χ0) is 62.4. The summed E-state index contributed by atoms with van der Waals surface area (Å²) in [7, 11) is 6.04. The van der Waals surface area contributed by atoms with Gasteiger partial charge in [0.15, 0.2) is 0 Å². The number of carbonyl (C=O) groups excluding carboxylic acids is 10. The molecule has 464 valence electrons. The third-order valence-electron chi connectivity index (χ3n) is 15.8. The number of likely N-dealkylation sites (tertiary alicyclic amines) is 1. The van der Waals surface area contributed by atoms with Crippen molar-refractivity contribution in [2.24, 2.45) is 23.7 Å². The molecule has 84 heavy (non-hydrogen) atoms. The maximum atomic E-state index is 14.3. The molecule has 2 heterocycles. The fourth-order valence-electron chi connectivity index (χ4n) is 10.7. The number of aliphatic hydroxyl groups excluding tert-OH is 1. The zero-order valence-electron chi connectivity index (χ0n) is 51.0. The van der Waals surface area contributed by atoms with E-state index >= 15 is 0 Å². The van der Waals surface area contributed by atoms with Gasteiger partial charge < -0.3 is 55.7 Å². The molecule has 0 radical (unpaired) electrons. The molecule has 2 aromatic rings. The molecular formula is C61H91N9O14. The van der Waals surface area contributed by atoms with E-state index in [-0.39, 0.29) is 73.9 Å². The van der Waals surface area contributed by atoms with Gasteiger partial charge in [-0.05, 0) is 73.6 Å². The number of aliphatic hydroxyl groups is 1. The van der Waals surface area contributed by atoms with Gasteiger partial charge in [0.2, 0.25) is 41.4 Å². The molecule has 0 spiro atoms. The van der Waals surface area contributed by atoms with E-state index in [0.717, 1.165) is 9.80 Å². The third-order valence-corrected chi connectivity index (χ3v) is 15.8. The Morgan fingerprint density at radius 3 is 1.98 bits per heavy atom. The van der Waals surface area contributed by atoms with Crippen molar-refractivity contribution in [1.82, 2.24) is 40.9 Å². The van der Waals surface area contributed by atoms with Crippen LogP contribution in [0.15, 0.2) is 66.7 Å². The quantitative estimate of drug-likeness (QED) is 0.0431. The fraction of sp³-hybridized carbons (Fsp3) is 0.607. The second-order valence-electron chi connectivity index (χ2n) is 22.6. The van der Waals surface area contributed by atoms with Crippen molar-refractivity contribution in [2.45, 2.75) is 162 Å². The van der Waals surface area contributed by atoms with Crippen LogP contribution in [-0.2, 0) is 64.0 Å². The summed E-state index contributed by atoms with van der Waals surface area (Å²) >= 11 is 0. The van der Waals surface area contributed by atoms with Crippen LogP contribution in [-0.4, -0.2) is 181 Å². The Morgan fingerprint density at radius 1 is 0.738 bits per heavy atom. The topological polar surface area (TPSA) is 292 Å². The van der Waals surface area contributed by atoms with Crippen LogP contribution in [0.3, 0.4) is 0 Å². The maximum absolute atomic E-state index is 14.3. The fourth-order valence-corrected chi connectivity index (χ4v) is 10.7. The molecule has 10 amide bonds. The summed E-state index contributed by atoms with van der Waals surface area (Å²) in [4.78, 5) is 136. The van der Waals surface area contributed by atoms with Crippen molar-refractivity contribution in [2.75, 3.05) is 59.8 Å². The number of ether oxygens (including phenoxy) is 3. The summed E-state index contributed by atoms with van der Waals surface area (Å²) in [5.74, 6) is -5.16. The molecular weight excluding hydrogens is 1080 g/mol. The van der Waals surface area contributed by atoms with E-state index < -0.39 is 96.6 Å². The first kappa shape index (κ1) is 69.3. The zero-order valence-corrected chi connectivity index (χ0v) is 51.0. The van der Waals surface area contributed by atoms with E-state index in [1.54, 1.807) is 89.9 Å². The van der Waals surface area contributed by atoms with Crippen LogP contribution >= 0.6 is 0 Å². The number of nitrogens with zero attached hydrogens (tertiary/aromatic N) is 4. The number of unbranched alkanes of at least 4 members (excludes halogenated alkanes) is 2. The molecule has 0 saturated carbocycles. The van der Waals surface area contributed by atoms with E-state index in [4.69, 9.17) is 14.2 Å².